The summed E-state index contributed by atoms with van der Waals surface area (Å²) < 4.78 is 0. The van der Waals surface area contributed by atoms with E-state index < -0.39 is 0 Å². The molecule has 1 heterocycles. The predicted molar refractivity (Wildman–Crippen MR) is 77.9 cm³/mol. The number of nitrogens with two attached hydrogens (primary N) is 1. The van der Waals surface area contributed by atoms with Crippen molar-refractivity contribution >= 4 is 11.8 Å². The van der Waals surface area contributed by atoms with E-state index in [1.807, 2.05) is 11.8 Å². The highest BCUT2D eigenvalue weighted by molar-refractivity contribution is 7.99. The normalized spacial score (nSPS) is 31.9. The molecule has 2 aliphatic rings. The molecule has 2 nitrogen and oxygen atoms in total. The molecule has 3 unspecified atom stereocenters. The van der Waals surface area contributed by atoms with Gasteiger partial charge in [-0.3, -0.25) is 0 Å². The Morgan fingerprint density at radius 3 is 2.94 bits per heavy atom. The summed E-state index contributed by atoms with van der Waals surface area (Å²) >= 11 is 1.99. The number of nitrogens with one attached hydrogen (secondary N) is 1. The molecule has 0 aromatic heterocycles. The molecule has 18 heavy (non-hydrogen) atoms. The van der Waals surface area contributed by atoms with Crippen molar-refractivity contribution in [1.82, 2.24) is 5.32 Å². The van der Waals surface area contributed by atoms with Gasteiger partial charge in [0.2, 0.25) is 0 Å². The van der Waals surface area contributed by atoms with Crippen LogP contribution in [0.1, 0.15) is 43.7 Å². The van der Waals surface area contributed by atoms with E-state index in [4.69, 9.17) is 5.73 Å². The van der Waals surface area contributed by atoms with Gasteiger partial charge in [0.1, 0.15) is 0 Å². The minimum Gasteiger partial charge on any atom is -0.328 e. The van der Waals surface area contributed by atoms with Gasteiger partial charge in [0.05, 0.1) is 0 Å². The zero-order valence-electron chi connectivity index (χ0n) is 10.8. The van der Waals surface area contributed by atoms with Crippen LogP contribution in [-0.2, 0) is 0 Å². The zero-order chi connectivity index (χ0) is 12.4. The molecule has 3 heteroatoms. The van der Waals surface area contributed by atoms with E-state index >= 15 is 0 Å². The van der Waals surface area contributed by atoms with Crippen LogP contribution >= 0.6 is 11.8 Å². The average molecular weight is 262 g/mol. The van der Waals surface area contributed by atoms with Crippen molar-refractivity contribution in [3.63, 3.8) is 0 Å². The second kappa shape index (κ2) is 5.64. The molecule has 0 bridgehead atoms. The Hall–Kier alpha value is -0.510. The summed E-state index contributed by atoms with van der Waals surface area (Å²) in [6.07, 6.45) is 6.16. The number of benzene rings is 1. The molecular formula is C15H22N2S. The van der Waals surface area contributed by atoms with Crippen LogP contribution in [0.4, 0.5) is 0 Å². The lowest BCUT2D eigenvalue weighted by atomic mass is 9.90. The van der Waals surface area contributed by atoms with Crippen LogP contribution in [0.25, 0.3) is 0 Å². The van der Waals surface area contributed by atoms with Gasteiger partial charge in [0.25, 0.3) is 0 Å². The lowest BCUT2D eigenvalue weighted by Crippen LogP contribution is -2.41. The number of rotatable bonds is 2. The van der Waals surface area contributed by atoms with Crippen LogP contribution in [0.15, 0.2) is 29.2 Å². The summed E-state index contributed by atoms with van der Waals surface area (Å²) in [4.78, 5) is 1.46. The van der Waals surface area contributed by atoms with Gasteiger partial charge in [0.15, 0.2) is 0 Å². The van der Waals surface area contributed by atoms with Crippen molar-refractivity contribution in [2.24, 2.45) is 5.73 Å². The minimum absolute atomic E-state index is 0.407. The number of hydrogen-bond donors (Lipinski definition) is 2. The quantitative estimate of drug-likeness (QED) is 0.860. The summed E-state index contributed by atoms with van der Waals surface area (Å²) in [7, 11) is 0. The van der Waals surface area contributed by atoms with Crippen molar-refractivity contribution in [3.05, 3.63) is 29.8 Å². The smallest absolute Gasteiger partial charge is 0.0341 e. The maximum Gasteiger partial charge on any atom is 0.0341 e. The highest BCUT2D eigenvalue weighted by atomic mass is 32.2. The van der Waals surface area contributed by atoms with Crippen molar-refractivity contribution in [2.75, 3.05) is 5.75 Å². The molecule has 3 rings (SSSR count). The molecule has 1 aromatic rings. The average Bonchev–Trinajstić information content (AvgIpc) is 2.39. The second-order valence-corrected chi connectivity index (χ2v) is 6.65. The molecule has 1 saturated carbocycles. The maximum absolute atomic E-state index is 6.08. The Balaban J connectivity index is 1.70. The van der Waals surface area contributed by atoms with Crippen LogP contribution in [0.3, 0.4) is 0 Å². The van der Waals surface area contributed by atoms with Crippen LogP contribution in [0.2, 0.25) is 0 Å². The Morgan fingerprint density at radius 1 is 1.17 bits per heavy atom. The van der Waals surface area contributed by atoms with Crippen molar-refractivity contribution in [2.45, 2.75) is 55.1 Å². The largest absolute Gasteiger partial charge is 0.328 e. The van der Waals surface area contributed by atoms with Crippen LogP contribution in [-0.4, -0.2) is 17.8 Å². The third-order valence-electron chi connectivity index (χ3n) is 4.11. The van der Waals surface area contributed by atoms with Gasteiger partial charge in [-0.15, -0.1) is 11.8 Å². The minimum atomic E-state index is 0.407. The number of fused-ring (bicyclic) bond motifs is 1. The molecule has 1 aliphatic carbocycles. The topological polar surface area (TPSA) is 38.0 Å². The van der Waals surface area contributed by atoms with Crippen molar-refractivity contribution < 1.29 is 0 Å². The van der Waals surface area contributed by atoms with E-state index in [2.05, 4.69) is 29.6 Å². The standard InChI is InChI=1S/C15H22N2S/c16-11-4-3-5-12(10-11)17-14-8-9-18-15-7-2-1-6-13(14)15/h1-2,6-7,11-12,14,17H,3-5,8-10,16H2. The van der Waals surface area contributed by atoms with Gasteiger partial charge in [-0.05, 0) is 43.1 Å². The fourth-order valence-electron chi connectivity index (χ4n) is 3.18. The highest BCUT2D eigenvalue weighted by Crippen LogP contribution is 2.36. The fraction of sp³-hybridized carbons (Fsp3) is 0.600. The van der Waals surface area contributed by atoms with Gasteiger partial charge >= 0.3 is 0 Å². The van der Waals surface area contributed by atoms with Gasteiger partial charge in [0, 0.05) is 23.0 Å². The van der Waals surface area contributed by atoms with Crippen LogP contribution in [0, 0.1) is 0 Å². The molecule has 0 radical (unpaired) electrons. The van der Waals surface area contributed by atoms with Crippen LogP contribution < -0.4 is 11.1 Å². The van der Waals surface area contributed by atoms with E-state index in [0.717, 1.165) is 6.42 Å². The molecule has 1 aliphatic heterocycles. The molecule has 0 amide bonds. The van der Waals surface area contributed by atoms with E-state index in [-0.39, 0.29) is 0 Å². The first kappa shape index (κ1) is 12.5. The van der Waals surface area contributed by atoms with E-state index in [9.17, 15) is 0 Å². The van der Waals surface area contributed by atoms with Gasteiger partial charge < -0.3 is 11.1 Å². The lowest BCUT2D eigenvalue weighted by molar-refractivity contribution is 0.307. The fourth-order valence-corrected chi connectivity index (χ4v) is 4.30. The first-order chi connectivity index (χ1) is 8.83. The Morgan fingerprint density at radius 2 is 2.06 bits per heavy atom. The first-order valence-electron chi connectivity index (χ1n) is 7.06. The molecular weight excluding hydrogens is 240 g/mol. The molecule has 3 atom stereocenters. The number of thioether (sulfide) groups is 1. The monoisotopic (exact) mass is 262 g/mol. The third kappa shape index (κ3) is 2.73. The van der Waals surface area contributed by atoms with Gasteiger partial charge in [-0.1, -0.05) is 24.6 Å². The second-order valence-electron chi connectivity index (χ2n) is 5.52. The Bertz CT molecular complexity index is 407. The molecule has 0 spiro atoms. The van der Waals surface area contributed by atoms with Gasteiger partial charge in [-0.2, -0.15) is 0 Å². The SMILES string of the molecule is NC1CCCC(NC2CCSc3ccccc32)C1. The van der Waals surface area contributed by atoms with E-state index in [0.29, 0.717) is 18.1 Å². The molecule has 3 N–H and O–H groups in total. The van der Waals surface area contributed by atoms with Crippen molar-refractivity contribution in [3.8, 4) is 0 Å². The van der Waals surface area contributed by atoms with Crippen LogP contribution in [0.5, 0.6) is 0 Å². The summed E-state index contributed by atoms with van der Waals surface area (Å²) in [6, 6.07) is 10.4. The highest BCUT2D eigenvalue weighted by Gasteiger charge is 2.25. The third-order valence-corrected chi connectivity index (χ3v) is 5.23. The van der Waals surface area contributed by atoms with E-state index in [1.54, 1.807) is 0 Å². The molecule has 98 valence electrons. The van der Waals surface area contributed by atoms with E-state index in [1.165, 1.54) is 41.9 Å². The summed E-state index contributed by atoms with van der Waals surface area (Å²) in [6.45, 7) is 0. The summed E-state index contributed by atoms with van der Waals surface area (Å²) in [5.74, 6) is 1.23. The molecule has 0 saturated heterocycles. The summed E-state index contributed by atoms with van der Waals surface area (Å²) in [5.41, 5.74) is 7.57. The van der Waals surface area contributed by atoms with Crippen molar-refractivity contribution in [1.29, 1.82) is 0 Å². The number of hydrogen-bond acceptors (Lipinski definition) is 3. The predicted octanol–water partition coefficient (Wildman–Crippen LogP) is 3.08. The maximum atomic E-state index is 6.08. The summed E-state index contributed by atoms with van der Waals surface area (Å²) in [5, 5.41) is 3.85. The molecule has 1 aromatic carbocycles. The first-order valence-corrected chi connectivity index (χ1v) is 8.05. The Labute approximate surface area is 114 Å². The Kier molecular flexibility index (Phi) is 3.92. The zero-order valence-corrected chi connectivity index (χ0v) is 11.6. The lowest BCUT2D eigenvalue weighted by Gasteiger charge is -2.34. The van der Waals surface area contributed by atoms with Gasteiger partial charge in [-0.25, -0.2) is 0 Å². The molecule has 1 fully saturated rings.